The Labute approximate surface area is 157 Å². The van der Waals surface area contributed by atoms with Gasteiger partial charge in [-0.15, -0.1) is 0 Å². The van der Waals surface area contributed by atoms with E-state index < -0.39 is 18.7 Å². The SMILES string of the molecule is CC(=O)NC[C@H]1C=C(c2ccc(N3CCN(C(=O)CO)CC3)cc2)C(=O)O1. The highest BCUT2D eigenvalue weighted by Crippen LogP contribution is 2.26. The molecule has 8 nitrogen and oxygen atoms in total. The molecule has 2 aliphatic heterocycles. The third-order valence-corrected chi connectivity index (χ3v) is 4.69. The molecule has 1 aromatic rings. The number of rotatable bonds is 5. The molecule has 0 aromatic heterocycles. The van der Waals surface area contributed by atoms with Gasteiger partial charge in [0.2, 0.25) is 11.8 Å². The third-order valence-electron chi connectivity index (χ3n) is 4.69. The van der Waals surface area contributed by atoms with E-state index in [-0.39, 0.29) is 18.4 Å². The van der Waals surface area contributed by atoms with Crippen molar-refractivity contribution in [2.45, 2.75) is 13.0 Å². The molecule has 0 saturated carbocycles. The summed E-state index contributed by atoms with van der Waals surface area (Å²) < 4.78 is 5.26. The van der Waals surface area contributed by atoms with Gasteiger partial charge >= 0.3 is 5.97 Å². The minimum Gasteiger partial charge on any atom is -0.453 e. The molecule has 0 radical (unpaired) electrons. The van der Waals surface area contributed by atoms with Crippen LogP contribution in [0.5, 0.6) is 0 Å². The van der Waals surface area contributed by atoms with Gasteiger partial charge in [-0.25, -0.2) is 4.79 Å². The molecular weight excluding hydrogens is 350 g/mol. The molecule has 0 spiro atoms. The standard InChI is InChI=1S/C19H23N3O5/c1-13(24)20-11-16-10-17(19(26)27-16)14-2-4-15(5-3-14)21-6-8-22(9-7-21)18(25)12-23/h2-5,10,16,23H,6-9,11-12H2,1H3,(H,20,24)/t16-/m1/s1. The smallest absolute Gasteiger partial charge is 0.339 e. The van der Waals surface area contributed by atoms with Crippen LogP contribution in [0.3, 0.4) is 0 Å². The molecule has 144 valence electrons. The second-order valence-electron chi connectivity index (χ2n) is 6.53. The number of nitrogens with zero attached hydrogens (tertiary/aromatic N) is 2. The lowest BCUT2D eigenvalue weighted by Crippen LogP contribution is -2.49. The number of piperazine rings is 1. The Morgan fingerprint density at radius 2 is 1.85 bits per heavy atom. The zero-order valence-corrected chi connectivity index (χ0v) is 15.2. The monoisotopic (exact) mass is 373 g/mol. The first kappa shape index (κ1) is 18.9. The lowest BCUT2D eigenvalue weighted by atomic mass is 10.0. The summed E-state index contributed by atoms with van der Waals surface area (Å²) in [5.74, 6) is -0.808. The van der Waals surface area contributed by atoms with Gasteiger partial charge in [-0.2, -0.15) is 0 Å². The first-order valence-corrected chi connectivity index (χ1v) is 8.89. The van der Waals surface area contributed by atoms with Crippen molar-refractivity contribution in [3.05, 3.63) is 35.9 Å². The summed E-state index contributed by atoms with van der Waals surface area (Å²) in [7, 11) is 0. The minimum absolute atomic E-state index is 0.168. The summed E-state index contributed by atoms with van der Waals surface area (Å²) in [6.45, 7) is 3.75. The van der Waals surface area contributed by atoms with E-state index in [1.165, 1.54) is 6.92 Å². The molecule has 0 bridgehead atoms. The number of aliphatic hydroxyl groups is 1. The maximum absolute atomic E-state index is 12.1. The molecule has 27 heavy (non-hydrogen) atoms. The molecule has 8 heteroatoms. The zero-order valence-electron chi connectivity index (χ0n) is 15.2. The van der Waals surface area contributed by atoms with Crippen LogP contribution in [0.15, 0.2) is 30.3 Å². The number of esters is 1. The van der Waals surface area contributed by atoms with Crippen molar-refractivity contribution in [1.29, 1.82) is 0 Å². The highest BCUT2D eigenvalue weighted by molar-refractivity contribution is 6.18. The number of ether oxygens (including phenoxy) is 1. The third kappa shape index (κ3) is 4.46. The number of carbonyl (C=O) groups is 3. The average molecular weight is 373 g/mol. The Kier molecular flexibility index (Phi) is 5.75. The van der Waals surface area contributed by atoms with Crippen LogP contribution in [0.25, 0.3) is 5.57 Å². The van der Waals surface area contributed by atoms with Gasteiger partial charge in [0, 0.05) is 38.8 Å². The molecule has 2 aliphatic rings. The van der Waals surface area contributed by atoms with Gasteiger partial charge in [0.25, 0.3) is 0 Å². The Morgan fingerprint density at radius 3 is 2.44 bits per heavy atom. The summed E-state index contributed by atoms with van der Waals surface area (Å²) in [6, 6.07) is 7.62. The Bertz CT molecular complexity index is 751. The maximum atomic E-state index is 12.1. The van der Waals surface area contributed by atoms with E-state index in [2.05, 4.69) is 10.2 Å². The average Bonchev–Trinajstić information content (AvgIpc) is 3.06. The van der Waals surface area contributed by atoms with E-state index in [1.54, 1.807) is 11.0 Å². The molecule has 3 rings (SSSR count). The number of benzene rings is 1. The Hall–Kier alpha value is -2.87. The summed E-state index contributed by atoms with van der Waals surface area (Å²) in [6.07, 6.45) is 1.28. The number of anilines is 1. The Morgan fingerprint density at radius 1 is 1.19 bits per heavy atom. The number of hydrogen-bond donors (Lipinski definition) is 2. The lowest BCUT2D eigenvalue weighted by Gasteiger charge is -2.35. The molecule has 2 N–H and O–H groups in total. The van der Waals surface area contributed by atoms with Crippen LogP contribution >= 0.6 is 0 Å². The summed E-state index contributed by atoms with van der Waals surface area (Å²) in [4.78, 5) is 38.4. The molecule has 1 aromatic carbocycles. The molecule has 1 atom stereocenters. The summed E-state index contributed by atoms with van der Waals surface area (Å²) in [5.41, 5.74) is 2.27. The van der Waals surface area contributed by atoms with Crippen LogP contribution in [0.1, 0.15) is 12.5 Å². The van der Waals surface area contributed by atoms with Crippen LogP contribution in [0.4, 0.5) is 5.69 Å². The summed E-state index contributed by atoms with van der Waals surface area (Å²) >= 11 is 0. The van der Waals surface area contributed by atoms with Gasteiger partial charge in [-0.3, -0.25) is 9.59 Å². The molecule has 2 heterocycles. The molecular formula is C19H23N3O5. The van der Waals surface area contributed by atoms with E-state index in [9.17, 15) is 14.4 Å². The number of cyclic esters (lactones) is 1. The van der Waals surface area contributed by atoms with E-state index >= 15 is 0 Å². The predicted molar refractivity (Wildman–Crippen MR) is 98.9 cm³/mol. The van der Waals surface area contributed by atoms with Crippen molar-refractivity contribution in [1.82, 2.24) is 10.2 Å². The van der Waals surface area contributed by atoms with Gasteiger partial charge in [-0.1, -0.05) is 12.1 Å². The summed E-state index contributed by atoms with van der Waals surface area (Å²) in [5, 5.41) is 11.6. The molecule has 0 unspecified atom stereocenters. The van der Waals surface area contributed by atoms with Gasteiger partial charge in [0.05, 0.1) is 12.1 Å². The van der Waals surface area contributed by atoms with Crippen LogP contribution in [0, 0.1) is 0 Å². The highest BCUT2D eigenvalue weighted by atomic mass is 16.5. The molecule has 0 aliphatic carbocycles. The fourth-order valence-electron chi connectivity index (χ4n) is 3.21. The van der Waals surface area contributed by atoms with Crippen LogP contribution in [-0.2, 0) is 19.1 Å². The Balaban J connectivity index is 1.62. The molecule has 2 amide bonds. The van der Waals surface area contributed by atoms with E-state index in [0.717, 1.165) is 11.3 Å². The van der Waals surface area contributed by atoms with E-state index in [0.29, 0.717) is 31.8 Å². The largest absolute Gasteiger partial charge is 0.453 e. The fraction of sp³-hybridized carbons (Fsp3) is 0.421. The topological polar surface area (TPSA) is 99.2 Å². The zero-order chi connectivity index (χ0) is 19.4. The van der Waals surface area contributed by atoms with Crippen LogP contribution in [-0.4, -0.2) is 73.2 Å². The highest BCUT2D eigenvalue weighted by Gasteiger charge is 2.27. The van der Waals surface area contributed by atoms with Gasteiger partial charge < -0.3 is 25.0 Å². The van der Waals surface area contributed by atoms with Gasteiger partial charge in [0.15, 0.2) is 0 Å². The minimum atomic E-state index is -0.456. The lowest BCUT2D eigenvalue weighted by molar-refractivity contribution is -0.138. The quantitative estimate of drug-likeness (QED) is 0.692. The number of hydrogen-bond acceptors (Lipinski definition) is 6. The fourth-order valence-corrected chi connectivity index (χ4v) is 3.21. The number of nitrogens with one attached hydrogen (secondary N) is 1. The van der Waals surface area contributed by atoms with Crippen molar-refractivity contribution < 1.29 is 24.2 Å². The van der Waals surface area contributed by atoms with E-state index in [1.807, 2.05) is 24.3 Å². The van der Waals surface area contributed by atoms with Crippen LogP contribution < -0.4 is 10.2 Å². The predicted octanol–water partition coefficient (Wildman–Crippen LogP) is -0.228. The first-order chi connectivity index (χ1) is 13.0. The van der Waals surface area contributed by atoms with Gasteiger partial charge in [0.1, 0.15) is 12.7 Å². The number of aliphatic hydroxyl groups excluding tert-OH is 1. The van der Waals surface area contributed by atoms with Crippen molar-refractivity contribution in [2.24, 2.45) is 0 Å². The second-order valence-corrected chi connectivity index (χ2v) is 6.53. The molecule has 1 fully saturated rings. The maximum Gasteiger partial charge on any atom is 0.339 e. The normalized spacial score (nSPS) is 19.6. The van der Waals surface area contributed by atoms with Crippen molar-refractivity contribution in [3.8, 4) is 0 Å². The number of carbonyl (C=O) groups excluding carboxylic acids is 3. The number of amides is 2. The van der Waals surface area contributed by atoms with Crippen molar-refractivity contribution >= 4 is 29.0 Å². The van der Waals surface area contributed by atoms with E-state index in [4.69, 9.17) is 9.84 Å². The van der Waals surface area contributed by atoms with Crippen LogP contribution in [0.2, 0.25) is 0 Å². The van der Waals surface area contributed by atoms with Crippen molar-refractivity contribution in [2.75, 3.05) is 44.2 Å². The molecule has 1 saturated heterocycles. The van der Waals surface area contributed by atoms with Gasteiger partial charge in [-0.05, 0) is 23.8 Å². The second kappa shape index (κ2) is 8.22. The van der Waals surface area contributed by atoms with Crippen molar-refractivity contribution in [3.63, 3.8) is 0 Å². The first-order valence-electron chi connectivity index (χ1n) is 8.89.